The molecule has 0 spiro atoms. The average Bonchev–Trinajstić information content (AvgIpc) is 2.92. The first-order chi connectivity index (χ1) is 18.0. The summed E-state index contributed by atoms with van der Waals surface area (Å²) in [5.74, 6) is -0.885. The number of fused-ring (bicyclic) bond motifs is 2. The molecule has 0 aliphatic carbocycles. The van der Waals surface area contributed by atoms with Crippen LogP contribution in [0.3, 0.4) is 0 Å². The lowest BCUT2D eigenvalue weighted by atomic mass is 9.94. The summed E-state index contributed by atoms with van der Waals surface area (Å²) < 4.78 is 0. The van der Waals surface area contributed by atoms with Crippen LogP contribution < -0.4 is 9.80 Å². The van der Waals surface area contributed by atoms with Gasteiger partial charge in [-0.2, -0.15) is 0 Å². The third-order valence-electron chi connectivity index (χ3n) is 6.66. The number of carbonyl (C=O) groups is 2. The van der Waals surface area contributed by atoms with Crippen molar-refractivity contribution in [2.45, 2.75) is 6.92 Å². The maximum Gasteiger partial charge on any atom is 0.270 e. The second-order valence-corrected chi connectivity index (χ2v) is 9.39. The maximum absolute atomic E-state index is 14.0. The molecule has 6 rings (SSSR count). The number of amides is 2. The molecule has 178 valence electrons. The average molecular weight is 499 g/mol. The SMILES string of the molecule is Cc1ccc(N2C(=O)C(=Cc3c4ccccc4cc4ccccc34)C(=O)N(c3ccccc3)C2=S)cc1. The van der Waals surface area contributed by atoms with E-state index in [-0.39, 0.29) is 10.7 Å². The molecule has 4 nitrogen and oxygen atoms in total. The lowest BCUT2D eigenvalue weighted by Crippen LogP contribution is -2.56. The second-order valence-electron chi connectivity index (χ2n) is 9.03. The number of anilines is 2. The molecule has 5 heteroatoms. The third-order valence-corrected chi connectivity index (χ3v) is 7.02. The lowest BCUT2D eigenvalue weighted by Gasteiger charge is -2.36. The van der Waals surface area contributed by atoms with Gasteiger partial charge < -0.3 is 0 Å². The first-order valence-electron chi connectivity index (χ1n) is 12.0. The Balaban J connectivity index is 1.61. The minimum absolute atomic E-state index is 0.0551. The Labute approximate surface area is 220 Å². The molecule has 0 aromatic heterocycles. The summed E-state index contributed by atoms with van der Waals surface area (Å²) in [6.45, 7) is 1.98. The Kier molecular flexibility index (Phi) is 5.63. The molecule has 1 aliphatic heterocycles. The number of carbonyl (C=O) groups excluding carboxylic acids is 2. The van der Waals surface area contributed by atoms with Crippen LogP contribution in [-0.4, -0.2) is 16.9 Å². The molecule has 2 amide bonds. The van der Waals surface area contributed by atoms with E-state index in [0.29, 0.717) is 11.4 Å². The molecule has 0 bridgehead atoms. The second kappa shape index (κ2) is 9.12. The zero-order valence-corrected chi connectivity index (χ0v) is 20.9. The molecule has 0 saturated carbocycles. The van der Waals surface area contributed by atoms with Gasteiger partial charge in [-0.1, -0.05) is 84.4 Å². The third kappa shape index (κ3) is 3.90. The van der Waals surface area contributed by atoms with Gasteiger partial charge in [-0.3, -0.25) is 19.4 Å². The number of thiocarbonyl (C=S) groups is 1. The van der Waals surface area contributed by atoms with E-state index in [1.165, 1.54) is 9.80 Å². The summed E-state index contributed by atoms with van der Waals surface area (Å²) in [5.41, 5.74) is 3.17. The number of nitrogens with zero attached hydrogens (tertiary/aromatic N) is 2. The fraction of sp³-hybridized carbons (Fsp3) is 0.0312. The van der Waals surface area contributed by atoms with Crippen molar-refractivity contribution < 1.29 is 9.59 Å². The van der Waals surface area contributed by atoms with Crippen LogP contribution in [0.1, 0.15) is 11.1 Å². The molecule has 37 heavy (non-hydrogen) atoms. The van der Waals surface area contributed by atoms with Crippen molar-refractivity contribution in [2.24, 2.45) is 0 Å². The van der Waals surface area contributed by atoms with Crippen LogP contribution in [0.25, 0.3) is 27.6 Å². The number of aryl methyl sites for hydroxylation is 1. The number of hydrogen-bond acceptors (Lipinski definition) is 3. The summed E-state index contributed by atoms with van der Waals surface area (Å²) in [6.07, 6.45) is 1.73. The zero-order chi connectivity index (χ0) is 25.5. The molecule has 1 heterocycles. The smallest absolute Gasteiger partial charge is 0.268 e. The van der Waals surface area contributed by atoms with E-state index in [4.69, 9.17) is 12.2 Å². The molecular formula is C32H22N2O2S. The molecule has 0 unspecified atom stereocenters. The van der Waals surface area contributed by atoms with Gasteiger partial charge in [0.15, 0.2) is 5.11 Å². The van der Waals surface area contributed by atoms with Crippen molar-refractivity contribution in [3.05, 3.63) is 126 Å². The van der Waals surface area contributed by atoms with Gasteiger partial charge in [-0.15, -0.1) is 0 Å². The van der Waals surface area contributed by atoms with Gasteiger partial charge in [-0.05, 0) is 82.7 Å². The van der Waals surface area contributed by atoms with Crippen LogP contribution in [-0.2, 0) is 9.59 Å². The minimum atomic E-state index is -0.443. The van der Waals surface area contributed by atoms with E-state index in [2.05, 4.69) is 6.07 Å². The van der Waals surface area contributed by atoms with Crippen molar-refractivity contribution in [2.75, 3.05) is 9.80 Å². The van der Waals surface area contributed by atoms with Crippen LogP contribution in [0.5, 0.6) is 0 Å². The molecular weight excluding hydrogens is 476 g/mol. The molecule has 0 N–H and O–H groups in total. The highest BCUT2D eigenvalue weighted by Gasteiger charge is 2.41. The molecule has 1 fully saturated rings. The fourth-order valence-electron chi connectivity index (χ4n) is 4.80. The molecule has 0 atom stereocenters. The van der Waals surface area contributed by atoms with Crippen LogP contribution in [0.2, 0.25) is 0 Å². The topological polar surface area (TPSA) is 40.6 Å². The zero-order valence-electron chi connectivity index (χ0n) is 20.1. The number of benzene rings is 5. The monoisotopic (exact) mass is 498 g/mol. The van der Waals surface area contributed by atoms with E-state index in [1.807, 2.05) is 110 Å². The normalized spacial score (nSPS) is 15.3. The maximum atomic E-state index is 14.0. The van der Waals surface area contributed by atoms with Crippen molar-refractivity contribution in [1.29, 1.82) is 0 Å². The number of para-hydroxylation sites is 1. The van der Waals surface area contributed by atoms with Crippen LogP contribution in [0.15, 0.2) is 115 Å². The van der Waals surface area contributed by atoms with E-state index in [1.54, 1.807) is 6.08 Å². The van der Waals surface area contributed by atoms with Crippen molar-refractivity contribution >= 4 is 68.1 Å². The predicted octanol–water partition coefficient (Wildman–Crippen LogP) is 7.05. The first kappa shape index (κ1) is 22.8. The highest BCUT2D eigenvalue weighted by atomic mass is 32.1. The summed E-state index contributed by atoms with van der Waals surface area (Å²) in [4.78, 5) is 30.9. The van der Waals surface area contributed by atoms with Gasteiger partial charge in [0.2, 0.25) is 0 Å². The van der Waals surface area contributed by atoms with Crippen LogP contribution in [0, 0.1) is 6.92 Å². The van der Waals surface area contributed by atoms with E-state index >= 15 is 0 Å². The summed E-state index contributed by atoms with van der Waals surface area (Å²) in [7, 11) is 0. The van der Waals surface area contributed by atoms with E-state index < -0.39 is 11.8 Å². The lowest BCUT2D eigenvalue weighted by molar-refractivity contribution is -0.120. The molecule has 0 radical (unpaired) electrons. The largest absolute Gasteiger partial charge is 0.270 e. The van der Waals surface area contributed by atoms with Gasteiger partial charge in [0, 0.05) is 0 Å². The molecule has 1 saturated heterocycles. The Bertz CT molecular complexity index is 1690. The standard InChI is InChI=1S/C32H22N2O2S/c1-21-15-17-25(18-16-21)34-31(36)29(30(35)33(32(34)37)24-11-3-2-4-12-24)20-28-26-13-7-5-9-22(26)19-23-10-6-8-14-27(23)28/h2-20H,1H3. The Morgan fingerprint density at radius 1 is 0.622 bits per heavy atom. The summed E-state index contributed by atoms with van der Waals surface area (Å²) >= 11 is 5.75. The van der Waals surface area contributed by atoms with Gasteiger partial charge in [0.1, 0.15) is 5.57 Å². The van der Waals surface area contributed by atoms with Crippen LogP contribution >= 0.6 is 12.2 Å². The molecule has 1 aliphatic rings. The highest BCUT2D eigenvalue weighted by Crippen LogP contribution is 2.34. The van der Waals surface area contributed by atoms with Gasteiger partial charge in [-0.25, -0.2) is 0 Å². The van der Waals surface area contributed by atoms with Crippen LogP contribution in [0.4, 0.5) is 11.4 Å². The summed E-state index contributed by atoms with van der Waals surface area (Å²) in [5, 5.41) is 4.14. The quantitative estimate of drug-likeness (QED) is 0.116. The first-order valence-corrected chi connectivity index (χ1v) is 12.4. The van der Waals surface area contributed by atoms with E-state index in [9.17, 15) is 9.59 Å². The Hall–Kier alpha value is -4.61. The van der Waals surface area contributed by atoms with Crippen molar-refractivity contribution in [3.63, 3.8) is 0 Å². The predicted molar refractivity (Wildman–Crippen MR) is 155 cm³/mol. The minimum Gasteiger partial charge on any atom is -0.268 e. The van der Waals surface area contributed by atoms with Crippen molar-refractivity contribution in [3.8, 4) is 0 Å². The number of rotatable bonds is 3. The van der Waals surface area contributed by atoms with Gasteiger partial charge >= 0.3 is 0 Å². The summed E-state index contributed by atoms with van der Waals surface area (Å²) in [6, 6.07) is 34.9. The van der Waals surface area contributed by atoms with Crippen molar-refractivity contribution in [1.82, 2.24) is 0 Å². The number of hydrogen-bond donors (Lipinski definition) is 0. The molecule has 5 aromatic carbocycles. The van der Waals surface area contributed by atoms with Gasteiger partial charge in [0.05, 0.1) is 11.4 Å². The Morgan fingerprint density at radius 3 is 1.68 bits per heavy atom. The van der Waals surface area contributed by atoms with Gasteiger partial charge in [0.25, 0.3) is 11.8 Å². The fourth-order valence-corrected chi connectivity index (χ4v) is 5.18. The highest BCUT2D eigenvalue weighted by molar-refractivity contribution is 7.81. The van der Waals surface area contributed by atoms with E-state index in [0.717, 1.165) is 32.7 Å². The molecule has 5 aromatic rings. The Morgan fingerprint density at radius 2 is 1.11 bits per heavy atom.